The zero-order valence-corrected chi connectivity index (χ0v) is 11.4. The van der Waals surface area contributed by atoms with E-state index >= 15 is 0 Å². The molecule has 0 aromatic carbocycles. The van der Waals surface area contributed by atoms with Crippen molar-refractivity contribution in [2.45, 2.75) is 33.6 Å². The van der Waals surface area contributed by atoms with Crippen LogP contribution < -0.4 is 4.90 Å². The highest BCUT2D eigenvalue weighted by Crippen LogP contribution is 2.22. The van der Waals surface area contributed by atoms with Gasteiger partial charge in [-0.1, -0.05) is 13.3 Å². The molecule has 0 spiro atoms. The summed E-state index contributed by atoms with van der Waals surface area (Å²) in [6.45, 7) is 7.38. The summed E-state index contributed by atoms with van der Waals surface area (Å²) in [6, 6.07) is 4.14. The van der Waals surface area contributed by atoms with Crippen molar-refractivity contribution < 1.29 is 5.11 Å². The minimum atomic E-state index is 0.0727. The molecule has 0 saturated heterocycles. The average Bonchev–Trinajstić information content (AvgIpc) is 2.33. The Morgan fingerprint density at radius 3 is 2.67 bits per heavy atom. The predicted octanol–water partition coefficient (Wildman–Crippen LogP) is 2.17. The van der Waals surface area contributed by atoms with E-state index in [2.05, 4.69) is 18.0 Å². The molecule has 0 amide bonds. The van der Waals surface area contributed by atoms with E-state index in [-0.39, 0.29) is 6.61 Å². The molecular weight excluding hydrogens is 226 g/mol. The molecular formula is C14H21N3O. The van der Waals surface area contributed by atoms with Crippen LogP contribution in [0, 0.1) is 25.2 Å². The number of aliphatic hydroxyl groups is 1. The van der Waals surface area contributed by atoms with Crippen LogP contribution >= 0.6 is 0 Å². The number of nitriles is 1. The molecule has 0 radical (unpaired) electrons. The van der Waals surface area contributed by atoms with Crippen molar-refractivity contribution in [2.24, 2.45) is 0 Å². The van der Waals surface area contributed by atoms with Crippen LogP contribution in [0.4, 0.5) is 5.82 Å². The molecule has 1 heterocycles. The molecule has 0 unspecified atom stereocenters. The van der Waals surface area contributed by atoms with Crippen LogP contribution in [-0.2, 0) is 0 Å². The van der Waals surface area contributed by atoms with Crippen LogP contribution in [0.15, 0.2) is 6.07 Å². The Kier molecular flexibility index (Phi) is 5.60. The summed E-state index contributed by atoms with van der Waals surface area (Å²) in [7, 11) is 0. The minimum absolute atomic E-state index is 0.0727. The maximum atomic E-state index is 9.25. The highest BCUT2D eigenvalue weighted by atomic mass is 16.3. The Labute approximate surface area is 109 Å². The first-order valence-corrected chi connectivity index (χ1v) is 6.38. The van der Waals surface area contributed by atoms with Crippen molar-refractivity contribution in [1.82, 2.24) is 4.98 Å². The Bertz CT molecular complexity index is 437. The van der Waals surface area contributed by atoms with Crippen LogP contribution in [0.3, 0.4) is 0 Å². The Morgan fingerprint density at radius 2 is 2.11 bits per heavy atom. The van der Waals surface area contributed by atoms with E-state index < -0.39 is 0 Å². The van der Waals surface area contributed by atoms with E-state index in [0.29, 0.717) is 17.9 Å². The standard InChI is InChI=1S/C14H21N3O/c1-4-5-6-17(7-8-18)14-13(10-15)11(2)9-12(3)16-14/h9,18H,4-8H2,1-3H3. The minimum Gasteiger partial charge on any atom is -0.395 e. The maximum Gasteiger partial charge on any atom is 0.147 e. The number of aromatic nitrogens is 1. The van der Waals surface area contributed by atoms with E-state index in [1.54, 1.807) is 0 Å². The molecule has 0 fully saturated rings. The summed E-state index contributed by atoms with van der Waals surface area (Å²) in [5.74, 6) is 0.706. The Balaban J connectivity index is 3.13. The predicted molar refractivity (Wildman–Crippen MR) is 72.6 cm³/mol. The van der Waals surface area contributed by atoms with Gasteiger partial charge in [0.2, 0.25) is 0 Å². The average molecular weight is 247 g/mol. The molecule has 1 aromatic rings. The van der Waals surface area contributed by atoms with Crippen LogP contribution in [0.25, 0.3) is 0 Å². The van der Waals surface area contributed by atoms with Gasteiger partial charge in [-0.15, -0.1) is 0 Å². The second-order valence-electron chi connectivity index (χ2n) is 4.46. The van der Waals surface area contributed by atoms with Gasteiger partial charge in [-0.25, -0.2) is 4.98 Å². The number of aliphatic hydroxyl groups excluding tert-OH is 1. The van der Waals surface area contributed by atoms with E-state index in [4.69, 9.17) is 5.11 Å². The number of hydrogen-bond donors (Lipinski definition) is 1. The number of nitrogens with zero attached hydrogens (tertiary/aromatic N) is 3. The summed E-state index contributed by atoms with van der Waals surface area (Å²) in [5, 5.41) is 18.4. The quantitative estimate of drug-likeness (QED) is 0.837. The van der Waals surface area contributed by atoms with Crippen LogP contribution in [0.1, 0.15) is 36.6 Å². The van der Waals surface area contributed by atoms with Crippen LogP contribution in [0.2, 0.25) is 0 Å². The van der Waals surface area contributed by atoms with Gasteiger partial charge in [0.1, 0.15) is 11.9 Å². The van der Waals surface area contributed by atoms with Crippen molar-refractivity contribution in [3.8, 4) is 6.07 Å². The first kappa shape index (κ1) is 14.5. The number of hydrogen-bond acceptors (Lipinski definition) is 4. The molecule has 1 rings (SSSR count). The third-order valence-corrected chi connectivity index (χ3v) is 2.89. The second kappa shape index (κ2) is 6.97. The van der Waals surface area contributed by atoms with Gasteiger partial charge >= 0.3 is 0 Å². The molecule has 1 N–H and O–H groups in total. The van der Waals surface area contributed by atoms with Gasteiger partial charge < -0.3 is 10.0 Å². The number of unbranched alkanes of at least 4 members (excludes halogenated alkanes) is 1. The fourth-order valence-corrected chi connectivity index (χ4v) is 1.98. The first-order valence-electron chi connectivity index (χ1n) is 6.38. The first-order chi connectivity index (χ1) is 8.63. The molecule has 1 aromatic heterocycles. The largest absolute Gasteiger partial charge is 0.395 e. The van der Waals surface area contributed by atoms with Gasteiger partial charge in [-0.05, 0) is 31.9 Å². The highest BCUT2D eigenvalue weighted by molar-refractivity contribution is 5.58. The van der Waals surface area contributed by atoms with Gasteiger partial charge in [0, 0.05) is 18.8 Å². The van der Waals surface area contributed by atoms with Crippen LogP contribution in [0.5, 0.6) is 0 Å². The fraction of sp³-hybridized carbons (Fsp3) is 0.571. The number of aryl methyl sites for hydroxylation is 2. The van der Waals surface area contributed by atoms with Gasteiger partial charge in [-0.3, -0.25) is 0 Å². The maximum absolute atomic E-state index is 9.25. The highest BCUT2D eigenvalue weighted by Gasteiger charge is 2.15. The summed E-state index contributed by atoms with van der Waals surface area (Å²) >= 11 is 0. The number of pyridine rings is 1. The lowest BCUT2D eigenvalue weighted by atomic mass is 10.1. The third-order valence-electron chi connectivity index (χ3n) is 2.89. The monoisotopic (exact) mass is 247 g/mol. The molecule has 4 heteroatoms. The lowest BCUT2D eigenvalue weighted by molar-refractivity contribution is 0.301. The van der Waals surface area contributed by atoms with E-state index in [1.165, 1.54) is 0 Å². The molecule has 18 heavy (non-hydrogen) atoms. The summed E-state index contributed by atoms with van der Waals surface area (Å²) in [6.07, 6.45) is 2.11. The van der Waals surface area contributed by atoms with Crippen molar-refractivity contribution in [3.63, 3.8) is 0 Å². The fourth-order valence-electron chi connectivity index (χ4n) is 1.98. The molecule has 98 valence electrons. The molecule has 0 saturated carbocycles. The van der Waals surface area contributed by atoms with Crippen molar-refractivity contribution in [3.05, 3.63) is 22.9 Å². The second-order valence-corrected chi connectivity index (χ2v) is 4.46. The zero-order chi connectivity index (χ0) is 13.5. The summed E-state index contributed by atoms with van der Waals surface area (Å²) in [5.41, 5.74) is 2.46. The molecule has 0 aliphatic rings. The van der Waals surface area contributed by atoms with Crippen molar-refractivity contribution >= 4 is 5.82 Å². The number of anilines is 1. The lowest BCUT2D eigenvalue weighted by Crippen LogP contribution is -2.29. The lowest BCUT2D eigenvalue weighted by Gasteiger charge is -2.24. The number of rotatable bonds is 6. The molecule has 4 nitrogen and oxygen atoms in total. The molecule has 0 bridgehead atoms. The molecule has 0 aliphatic carbocycles. The molecule has 0 aliphatic heterocycles. The zero-order valence-electron chi connectivity index (χ0n) is 11.4. The Hall–Kier alpha value is -1.60. The van der Waals surface area contributed by atoms with E-state index in [9.17, 15) is 5.26 Å². The van der Waals surface area contributed by atoms with Gasteiger partial charge in [0.25, 0.3) is 0 Å². The van der Waals surface area contributed by atoms with E-state index in [1.807, 2.05) is 24.8 Å². The van der Waals surface area contributed by atoms with E-state index in [0.717, 1.165) is 30.6 Å². The molecule has 0 atom stereocenters. The smallest absolute Gasteiger partial charge is 0.147 e. The Morgan fingerprint density at radius 1 is 1.39 bits per heavy atom. The SMILES string of the molecule is CCCCN(CCO)c1nc(C)cc(C)c1C#N. The van der Waals surface area contributed by atoms with Crippen LogP contribution in [-0.4, -0.2) is 29.8 Å². The third kappa shape index (κ3) is 3.44. The van der Waals surface area contributed by atoms with Gasteiger partial charge in [-0.2, -0.15) is 5.26 Å². The summed E-state index contributed by atoms with van der Waals surface area (Å²) < 4.78 is 0. The summed E-state index contributed by atoms with van der Waals surface area (Å²) in [4.78, 5) is 6.47. The van der Waals surface area contributed by atoms with Gasteiger partial charge in [0.05, 0.1) is 12.2 Å². The normalized spacial score (nSPS) is 10.2. The van der Waals surface area contributed by atoms with Crippen molar-refractivity contribution in [2.75, 3.05) is 24.6 Å². The van der Waals surface area contributed by atoms with Gasteiger partial charge in [0.15, 0.2) is 0 Å². The van der Waals surface area contributed by atoms with Crippen molar-refractivity contribution in [1.29, 1.82) is 5.26 Å². The topological polar surface area (TPSA) is 60.1 Å².